The number of primary amides is 1. The van der Waals surface area contributed by atoms with Crippen molar-refractivity contribution in [3.05, 3.63) is 35.2 Å². The second-order valence-electron chi connectivity index (χ2n) is 4.36. The van der Waals surface area contributed by atoms with Crippen LogP contribution in [0.2, 0.25) is 0 Å². The average molecular weight is 253 g/mol. The molecule has 0 saturated heterocycles. The Morgan fingerprint density at radius 1 is 1.44 bits per heavy atom. The van der Waals surface area contributed by atoms with Crippen LogP contribution in [-0.2, 0) is 0 Å². The summed E-state index contributed by atoms with van der Waals surface area (Å²) in [5, 5.41) is 3.87. The molecule has 96 valence electrons. The maximum atomic E-state index is 12.9. The summed E-state index contributed by atoms with van der Waals surface area (Å²) >= 11 is 0. The van der Waals surface area contributed by atoms with Gasteiger partial charge in [-0.1, -0.05) is 13.8 Å². The zero-order valence-corrected chi connectivity index (χ0v) is 10.0. The van der Waals surface area contributed by atoms with Gasteiger partial charge in [-0.3, -0.25) is 4.79 Å². The molecule has 0 aliphatic rings. The van der Waals surface area contributed by atoms with Crippen molar-refractivity contribution < 1.29 is 13.6 Å². The molecular weight excluding hydrogens is 240 g/mol. The van der Waals surface area contributed by atoms with Crippen molar-refractivity contribution in [2.75, 3.05) is 0 Å². The number of halogens is 2. The fraction of sp³-hybridized carbons (Fsp3) is 0.333. The van der Waals surface area contributed by atoms with Crippen molar-refractivity contribution >= 4 is 11.4 Å². The Bertz CT molecular complexity index is 605. The Hall–Kier alpha value is -1.98. The van der Waals surface area contributed by atoms with E-state index in [9.17, 15) is 13.6 Å². The summed E-state index contributed by atoms with van der Waals surface area (Å²) in [6.07, 6.45) is -0.0489. The molecule has 2 N–H and O–H groups in total. The summed E-state index contributed by atoms with van der Waals surface area (Å²) in [6.45, 7) is 3.65. The predicted octanol–water partition coefficient (Wildman–Crippen LogP) is 2.49. The Labute approximate surface area is 102 Å². The zero-order valence-electron chi connectivity index (χ0n) is 10.0. The topological polar surface area (TPSA) is 60.4 Å². The molecule has 0 saturated carbocycles. The number of amides is 1. The summed E-state index contributed by atoms with van der Waals surface area (Å²) in [5.41, 5.74) is 6.15. The Kier molecular flexibility index (Phi) is 3.02. The minimum Gasteiger partial charge on any atom is -0.366 e. The van der Waals surface area contributed by atoms with Gasteiger partial charge in [0.25, 0.3) is 6.43 Å². The SMILES string of the molecule is CC(C)c1c(C(N)=O)ccn2ncc(C(F)F)c12. The highest BCUT2D eigenvalue weighted by molar-refractivity contribution is 5.96. The van der Waals surface area contributed by atoms with E-state index in [0.29, 0.717) is 5.56 Å². The largest absolute Gasteiger partial charge is 0.366 e. The fourth-order valence-corrected chi connectivity index (χ4v) is 2.09. The highest BCUT2D eigenvalue weighted by atomic mass is 19.3. The van der Waals surface area contributed by atoms with Crippen molar-refractivity contribution in [1.29, 1.82) is 0 Å². The van der Waals surface area contributed by atoms with Gasteiger partial charge in [0.2, 0.25) is 5.91 Å². The van der Waals surface area contributed by atoms with Crippen LogP contribution < -0.4 is 5.73 Å². The number of fused-ring (bicyclic) bond motifs is 1. The molecule has 1 amide bonds. The summed E-state index contributed by atoms with van der Waals surface area (Å²) in [6, 6.07) is 1.51. The number of aromatic nitrogens is 2. The molecule has 2 heterocycles. The first-order valence-electron chi connectivity index (χ1n) is 5.51. The third kappa shape index (κ3) is 1.83. The monoisotopic (exact) mass is 253 g/mol. The van der Waals surface area contributed by atoms with E-state index in [4.69, 9.17) is 5.73 Å². The van der Waals surface area contributed by atoms with Crippen molar-refractivity contribution in [3.8, 4) is 0 Å². The van der Waals surface area contributed by atoms with Crippen LogP contribution in [0.25, 0.3) is 5.52 Å². The predicted molar refractivity (Wildman–Crippen MR) is 62.8 cm³/mol. The van der Waals surface area contributed by atoms with Crippen LogP contribution in [0.15, 0.2) is 18.5 Å². The van der Waals surface area contributed by atoms with Gasteiger partial charge in [0.15, 0.2) is 0 Å². The molecule has 0 unspecified atom stereocenters. The van der Waals surface area contributed by atoms with Gasteiger partial charge in [0.05, 0.1) is 17.3 Å². The van der Waals surface area contributed by atoms with Crippen LogP contribution in [0.3, 0.4) is 0 Å². The Morgan fingerprint density at radius 3 is 2.61 bits per heavy atom. The van der Waals surface area contributed by atoms with E-state index in [1.807, 2.05) is 13.8 Å². The summed E-state index contributed by atoms with van der Waals surface area (Å²) in [4.78, 5) is 11.4. The lowest BCUT2D eigenvalue weighted by atomic mass is 9.95. The minimum absolute atomic E-state index is 0.106. The molecule has 18 heavy (non-hydrogen) atoms. The molecular formula is C12H13F2N3O. The Balaban J connectivity index is 2.87. The maximum Gasteiger partial charge on any atom is 0.267 e. The summed E-state index contributed by atoms with van der Waals surface area (Å²) in [5.74, 6) is -0.729. The van der Waals surface area contributed by atoms with E-state index in [1.165, 1.54) is 16.8 Å². The van der Waals surface area contributed by atoms with Gasteiger partial charge in [-0.15, -0.1) is 0 Å². The Morgan fingerprint density at radius 2 is 2.11 bits per heavy atom. The quantitative estimate of drug-likeness (QED) is 0.913. The van der Waals surface area contributed by atoms with E-state index in [2.05, 4.69) is 5.10 Å². The molecule has 0 fully saturated rings. The lowest BCUT2D eigenvalue weighted by Gasteiger charge is -2.13. The molecule has 2 rings (SSSR count). The standard InChI is InChI=1S/C12H13F2N3O/c1-6(2)9-7(12(15)18)3-4-17-10(9)8(5-16-17)11(13)14/h3-6,11H,1-2H3,(H2,15,18). The summed E-state index contributed by atoms with van der Waals surface area (Å²) in [7, 11) is 0. The lowest BCUT2D eigenvalue weighted by Crippen LogP contribution is -2.16. The number of hydrogen-bond donors (Lipinski definition) is 1. The van der Waals surface area contributed by atoms with Crippen LogP contribution >= 0.6 is 0 Å². The van der Waals surface area contributed by atoms with Crippen molar-refractivity contribution in [2.24, 2.45) is 5.73 Å². The van der Waals surface area contributed by atoms with Gasteiger partial charge >= 0.3 is 0 Å². The second kappa shape index (κ2) is 4.36. The molecule has 4 nitrogen and oxygen atoms in total. The number of pyridine rings is 1. The summed E-state index contributed by atoms with van der Waals surface area (Å²) < 4.78 is 27.2. The first-order valence-corrected chi connectivity index (χ1v) is 5.51. The van der Waals surface area contributed by atoms with E-state index in [0.717, 1.165) is 6.20 Å². The molecule has 2 aromatic rings. The van der Waals surface area contributed by atoms with Gasteiger partial charge < -0.3 is 5.73 Å². The van der Waals surface area contributed by atoms with E-state index >= 15 is 0 Å². The number of alkyl halides is 2. The molecule has 0 aromatic carbocycles. The van der Waals surface area contributed by atoms with E-state index in [1.54, 1.807) is 0 Å². The first-order chi connectivity index (χ1) is 8.43. The maximum absolute atomic E-state index is 12.9. The number of carbonyl (C=O) groups is 1. The van der Waals surface area contributed by atoms with E-state index in [-0.39, 0.29) is 22.6 Å². The number of carbonyl (C=O) groups excluding carboxylic acids is 1. The first kappa shape index (κ1) is 12.5. The molecule has 0 spiro atoms. The molecule has 0 aliphatic heterocycles. The fourth-order valence-electron chi connectivity index (χ4n) is 2.09. The molecule has 0 aliphatic carbocycles. The van der Waals surface area contributed by atoms with Crippen LogP contribution in [0.5, 0.6) is 0 Å². The van der Waals surface area contributed by atoms with E-state index < -0.39 is 12.3 Å². The van der Waals surface area contributed by atoms with Gasteiger partial charge in [0.1, 0.15) is 0 Å². The number of hydrogen-bond acceptors (Lipinski definition) is 2. The van der Waals surface area contributed by atoms with Crippen LogP contribution in [0.1, 0.15) is 47.7 Å². The molecule has 0 radical (unpaired) electrons. The van der Waals surface area contributed by atoms with Gasteiger partial charge in [-0.2, -0.15) is 5.10 Å². The number of nitrogens with zero attached hydrogens (tertiary/aromatic N) is 2. The lowest BCUT2D eigenvalue weighted by molar-refractivity contribution is 0.0999. The second-order valence-corrected chi connectivity index (χ2v) is 4.36. The number of rotatable bonds is 3. The van der Waals surface area contributed by atoms with Crippen LogP contribution in [0.4, 0.5) is 8.78 Å². The number of nitrogens with two attached hydrogens (primary N) is 1. The highest BCUT2D eigenvalue weighted by Crippen LogP contribution is 2.31. The zero-order chi connectivity index (χ0) is 13.4. The third-order valence-electron chi connectivity index (χ3n) is 2.83. The van der Waals surface area contributed by atoms with Crippen molar-refractivity contribution in [3.63, 3.8) is 0 Å². The smallest absolute Gasteiger partial charge is 0.267 e. The van der Waals surface area contributed by atoms with Crippen LogP contribution in [-0.4, -0.2) is 15.5 Å². The average Bonchev–Trinajstić information content (AvgIpc) is 2.70. The van der Waals surface area contributed by atoms with Gasteiger partial charge in [-0.05, 0) is 17.5 Å². The molecule has 0 bridgehead atoms. The molecule has 2 aromatic heterocycles. The minimum atomic E-state index is -2.64. The third-order valence-corrected chi connectivity index (χ3v) is 2.83. The highest BCUT2D eigenvalue weighted by Gasteiger charge is 2.22. The normalized spacial score (nSPS) is 11.7. The van der Waals surface area contributed by atoms with Gasteiger partial charge in [0, 0.05) is 11.8 Å². The van der Waals surface area contributed by atoms with Crippen LogP contribution in [0, 0.1) is 0 Å². The molecule has 6 heteroatoms. The van der Waals surface area contributed by atoms with Crippen molar-refractivity contribution in [2.45, 2.75) is 26.2 Å². The molecule has 0 atom stereocenters. The van der Waals surface area contributed by atoms with Crippen molar-refractivity contribution in [1.82, 2.24) is 9.61 Å². The van der Waals surface area contributed by atoms with Gasteiger partial charge in [-0.25, -0.2) is 13.3 Å².